The van der Waals surface area contributed by atoms with E-state index in [0.717, 1.165) is 4.31 Å². The van der Waals surface area contributed by atoms with Gasteiger partial charge in [-0.25, -0.2) is 17.7 Å². The molecule has 25 heavy (non-hydrogen) atoms. The average Bonchev–Trinajstić information content (AvgIpc) is 3.13. The van der Waals surface area contributed by atoms with Gasteiger partial charge in [0.05, 0.1) is 28.3 Å². The maximum atomic E-state index is 13.1. The third-order valence-electron chi connectivity index (χ3n) is 3.43. The number of furan rings is 1. The van der Waals surface area contributed by atoms with Gasteiger partial charge in [0.15, 0.2) is 0 Å². The van der Waals surface area contributed by atoms with Gasteiger partial charge in [-0.05, 0) is 42.5 Å². The van der Waals surface area contributed by atoms with Crippen LogP contribution in [-0.2, 0) is 16.6 Å². The largest absolute Gasteiger partial charge is 0.467 e. The smallest absolute Gasteiger partial charge is 0.265 e. The second-order valence-electron chi connectivity index (χ2n) is 5.03. The van der Waals surface area contributed by atoms with E-state index in [4.69, 9.17) is 21.3 Å². The second-order valence-corrected chi connectivity index (χ2v) is 7.30. The fourth-order valence-corrected chi connectivity index (χ4v) is 3.91. The van der Waals surface area contributed by atoms with E-state index in [1.165, 1.54) is 30.7 Å². The normalized spacial score (nSPS) is 11.0. The van der Waals surface area contributed by atoms with Crippen LogP contribution in [0.1, 0.15) is 11.3 Å². The van der Waals surface area contributed by atoms with Gasteiger partial charge in [-0.3, -0.25) is 0 Å². The lowest BCUT2D eigenvalue weighted by Crippen LogP contribution is -2.31. The first kappa shape index (κ1) is 17.0. The highest BCUT2D eigenvalue weighted by Gasteiger charge is 2.27. The molecule has 0 fully saturated rings. The number of halogens is 1. The molecule has 8 heteroatoms. The van der Waals surface area contributed by atoms with E-state index in [-0.39, 0.29) is 27.8 Å². The highest BCUT2D eigenvalue weighted by molar-refractivity contribution is 7.92. The van der Waals surface area contributed by atoms with Crippen molar-refractivity contribution in [1.29, 1.82) is 5.26 Å². The van der Waals surface area contributed by atoms with Crippen molar-refractivity contribution in [3.8, 4) is 6.07 Å². The highest BCUT2D eigenvalue weighted by Crippen LogP contribution is 2.27. The van der Waals surface area contributed by atoms with Crippen LogP contribution in [0, 0.1) is 11.3 Å². The van der Waals surface area contributed by atoms with Gasteiger partial charge < -0.3 is 4.42 Å². The Labute approximate surface area is 150 Å². The number of hydrogen-bond donors (Lipinski definition) is 0. The summed E-state index contributed by atoms with van der Waals surface area (Å²) in [6, 6.07) is 14.2. The van der Waals surface area contributed by atoms with E-state index >= 15 is 0 Å². The highest BCUT2D eigenvalue weighted by atomic mass is 35.5. The second kappa shape index (κ2) is 6.97. The third kappa shape index (κ3) is 3.50. The molecule has 3 aromatic rings. The van der Waals surface area contributed by atoms with Crippen molar-refractivity contribution in [3.63, 3.8) is 0 Å². The van der Waals surface area contributed by atoms with Gasteiger partial charge in [0.25, 0.3) is 10.0 Å². The zero-order valence-corrected chi connectivity index (χ0v) is 14.4. The number of sulfonamides is 1. The first-order valence-corrected chi connectivity index (χ1v) is 9.00. The topological polar surface area (TPSA) is 87.2 Å². The lowest BCUT2D eigenvalue weighted by atomic mass is 10.2. The van der Waals surface area contributed by atoms with Crippen molar-refractivity contribution in [3.05, 3.63) is 77.3 Å². The Morgan fingerprint density at radius 2 is 2.04 bits per heavy atom. The molecule has 0 amide bonds. The fraction of sp³-hybridized carbons (Fsp3) is 0.0588. The Kier molecular flexibility index (Phi) is 4.74. The summed E-state index contributed by atoms with van der Waals surface area (Å²) < 4.78 is 32.6. The van der Waals surface area contributed by atoms with E-state index in [1.807, 2.05) is 6.07 Å². The summed E-state index contributed by atoms with van der Waals surface area (Å²) in [4.78, 5) is 4.09. The summed E-state index contributed by atoms with van der Waals surface area (Å²) in [6.07, 6.45) is 2.98. The number of benzene rings is 1. The molecule has 1 aromatic carbocycles. The van der Waals surface area contributed by atoms with E-state index in [0.29, 0.717) is 5.76 Å². The zero-order valence-electron chi connectivity index (χ0n) is 12.8. The Morgan fingerprint density at radius 3 is 2.64 bits per heavy atom. The van der Waals surface area contributed by atoms with Gasteiger partial charge in [0.2, 0.25) is 0 Å². The maximum absolute atomic E-state index is 13.1. The van der Waals surface area contributed by atoms with Gasteiger partial charge in [0, 0.05) is 6.20 Å². The van der Waals surface area contributed by atoms with Crippen LogP contribution in [0.2, 0.25) is 5.02 Å². The van der Waals surface area contributed by atoms with Crippen LogP contribution in [0.4, 0.5) is 5.82 Å². The van der Waals surface area contributed by atoms with Crippen LogP contribution in [0.15, 0.2) is 70.3 Å². The Hall–Kier alpha value is -2.82. The molecule has 0 bridgehead atoms. The zero-order chi connectivity index (χ0) is 17.9. The minimum atomic E-state index is -3.96. The maximum Gasteiger partial charge on any atom is 0.265 e. The average molecular weight is 374 g/mol. The summed E-state index contributed by atoms with van der Waals surface area (Å²) in [5.74, 6) is 0.716. The first-order chi connectivity index (χ1) is 12.0. The number of anilines is 1. The first-order valence-electron chi connectivity index (χ1n) is 7.18. The number of pyridine rings is 1. The monoisotopic (exact) mass is 373 g/mol. The van der Waals surface area contributed by atoms with Gasteiger partial charge in [-0.2, -0.15) is 5.26 Å². The van der Waals surface area contributed by atoms with E-state index < -0.39 is 10.0 Å². The molecule has 0 aliphatic carbocycles. The van der Waals surface area contributed by atoms with Gasteiger partial charge in [-0.1, -0.05) is 17.7 Å². The minimum absolute atomic E-state index is 0.0238. The Morgan fingerprint density at radius 1 is 1.20 bits per heavy atom. The number of rotatable bonds is 5. The molecule has 0 N–H and O–H groups in total. The molecule has 3 rings (SSSR count). The lowest BCUT2D eigenvalue weighted by molar-refractivity contribution is 0.508. The van der Waals surface area contributed by atoms with Crippen molar-refractivity contribution >= 4 is 27.4 Å². The van der Waals surface area contributed by atoms with Gasteiger partial charge in [0.1, 0.15) is 17.6 Å². The van der Waals surface area contributed by atoms with Crippen LogP contribution in [0.25, 0.3) is 0 Å². The summed E-state index contributed by atoms with van der Waals surface area (Å²) in [5, 5.41) is 9.03. The molecular formula is C17H12ClN3O3S. The molecular weight excluding hydrogens is 362 g/mol. The van der Waals surface area contributed by atoms with E-state index in [2.05, 4.69) is 4.98 Å². The molecule has 2 aromatic heterocycles. The summed E-state index contributed by atoms with van der Waals surface area (Å²) in [6.45, 7) is -0.0238. The molecule has 0 unspecified atom stereocenters. The standard InChI is InChI=1S/C17H12ClN3O3S/c18-16-10-15(7-6-13(16)11-19)25(22,23)21(12-14-4-3-9-24-14)17-5-1-2-8-20-17/h1-10H,12H2. The molecule has 0 atom stereocenters. The van der Waals surface area contributed by atoms with Crippen molar-refractivity contribution < 1.29 is 12.8 Å². The van der Waals surface area contributed by atoms with Crippen molar-refractivity contribution in [2.75, 3.05) is 4.31 Å². The van der Waals surface area contributed by atoms with E-state index in [1.54, 1.807) is 30.3 Å². The summed E-state index contributed by atoms with van der Waals surface area (Å²) >= 11 is 5.99. The number of hydrogen-bond acceptors (Lipinski definition) is 5. The predicted molar refractivity (Wildman–Crippen MR) is 92.5 cm³/mol. The van der Waals surface area contributed by atoms with Crippen molar-refractivity contribution in [1.82, 2.24) is 4.98 Å². The van der Waals surface area contributed by atoms with E-state index in [9.17, 15) is 8.42 Å². The minimum Gasteiger partial charge on any atom is -0.467 e. The van der Waals surface area contributed by atoms with Crippen LogP contribution < -0.4 is 4.31 Å². The predicted octanol–water partition coefficient (Wildman–Crippen LogP) is 3.60. The molecule has 0 aliphatic heterocycles. The number of nitrogens with zero attached hydrogens (tertiary/aromatic N) is 3. The molecule has 0 aliphatic rings. The van der Waals surface area contributed by atoms with Gasteiger partial charge in [-0.15, -0.1) is 0 Å². The Bertz CT molecular complexity index is 1010. The van der Waals surface area contributed by atoms with Crippen molar-refractivity contribution in [2.45, 2.75) is 11.4 Å². The molecule has 0 saturated carbocycles. The molecule has 2 heterocycles. The SMILES string of the molecule is N#Cc1ccc(S(=O)(=O)N(Cc2ccco2)c2ccccn2)cc1Cl. The van der Waals surface area contributed by atoms with Crippen LogP contribution in [0.5, 0.6) is 0 Å². The number of aromatic nitrogens is 1. The summed E-state index contributed by atoms with van der Waals surface area (Å²) in [5.41, 5.74) is 0.205. The van der Waals surface area contributed by atoms with Crippen LogP contribution >= 0.6 is 11.6 Å². The summed E-state index contributed by atoms with van der Waals surface area (Å²) in [7, 11) is -3.96. The molecule has 126 valence electrons. The lowest BCUT2D eigenvalue weighted by Gasteiger charge is -2.22. The molecule has 0 saturated heterocycles. The van der Waals surface area contributed by atoms with Crippen LogP contribution in [-0.4, -0.2) is 13.4 Å². The quantitative estimate of drug-likeness (QED) is 0.681. The molecule has 6 nitrogen and oxygen atoms in total. The molecule has 0 radical (unpaired) electrons. The fourth-order valence-electron chi connectivity index (χ4n) is 2.21. The Balaban J connectivity index is 2.08. The molecule has 0 spiro atoms. The van der Waals surface area contributed by atoms with Crippen molar-refractivity contribution in [2.24, 2.45) is 0 Å². The van der Waals surface area contributed by atoms with Gasteiger partial charge >= 0.3 is 0 Å². The number of nitriles is 1. The van der Waals surface area contributed by atoms with Crippen LogP contribution in [0.3, 0.4) is 0 Å². The third-order valence-corrected chi connectivity index (χ3v) is 5.49.